The molecule has 4 heteroatoms. The molecule has 102 valence electrons. The van der Waals surface area contributed by atoms with E-state index in [0.29, 0.717) is 0 Å². The van der Waals surface area contributed by atoms with Gasteiger partial charge >= 0.3 is 0 Å². The van der Waals surface area contributed by atoms with Crippen LogP contribution < -0.4 is 5.73 Å². The predicted molar refractivity (Wildman–Crippen MR) is 79.1 cm³/mol. The van der Waals surface area contributed by atoms with Gasteiger partial charge in [0, 0.05) is 29.4 Å². The number of hydrogen-bond donors (Lipinski definition) is 1. The Morgan fingerprint density at radius 3 is 2.89 bits per heavy atom. The zero-order valence-corrected chi connectivity index (χ0v) is 12.6. The molecule has 1 aliphatic heterocycles. The summed E-state index contributed by atoms with van der Waals surface area (Å²) in [5, 5.41) is 4.60. The first-order valence-corrected chi connectivity index (χ1v) is 8.02. The zero-order valence-electron chi connectivity index (χ0n) is 11.8. The lowest BCUT2D eigenvalue weighted by Crippen LogP contribution is -2.43. The van der Waals surface area contributed by atoms with E-state index >= 15 is 0 Å². The minimum absolute atomic E-state index is 0.233. The standard InChI is InChI=1S/C14H25N3S/c1-4-11-9-12(17(5-2)16-11)10-13(15)14(3)7-6-8-18-14/h9,13H,4-8,10,15H2,1-3H3. The second kappa shape index (κ2) is 5.66. The number of hydrogen-bond acceptors (Lipinski definition) is 3. The van der Waals surface area contributed by atoms with E-state index in [4.69, 9.17) is 5.73 Å². The third kappa shape index (κ3) is 2.75. The van der Waals surface area contributed by atoms with Crippen LogP contribution in [0.2, 0.25) is 0 Å². The van der Waals surface area contributed by atoms with Gasteiger partial charge in [-0.3, -0.25) is 4.68 Å². The monoisotopic (exact) mass is 267 g/mol. The zero-order chi connectivity index (χ0) is 13.2. The topological polar surface area (TPSA) is 43.8 Å². The highest BCUT2D eigenvalue weighted by Crippen LogP contribution is 2.40. The molecule has 2 rings (SSSR count). The third-order valence-electron chi connectivity index (χ3n) is 4.04. The molecule has 1 aliphatic rings. The van der Waals surface area contributed by atoms with Crippen LogP contribution in [0.5, 0.6) is 0 Å². The Morgan fingerprint density at radius 2 is 2.33 bits per heavy atom. The molecule has 2 heterocycles. The Hall–Kier alpha value is -0.480. The van der Waals surface area contributed by atoms with E-state index in [2.05, 4.69) is 36.6 Å². The van der Waals surface area contributed by atoms with Crippen LogP contribution in [0.3, 0.4) is 0 Å². The van der Waals surface area contributed by atoms with E-state index in [1.54, 1.807) is 0 Å². The number of aryl methyl sites for hydroxylation is 2. The largest absolute Gasteiger partial charge is 0.326 e. The fourth-order valence-corrected chi connectivity index (χ4v) is 4.00. The SMILES string of the molecule is CCc1cc(CC(N)C2(C)CCCS2)n(CC)n1. The van der Waals surface area contributed by atoms with Crippen molar-refractivity contribution in [1.82, 2.24) is 9.78 Å². The lowest BCUT2D eigenvalue weighted by Gasteiger charge is -2.30. The molecular formula is C14H25N3S. The number of aromatic nitrogens is 2. The molecule has 0 spiro atoms. The quantitative estimate of drug-likeness (QED) is 0.892. The van der Waals surface area contributed by atoms with Gasteiger partial charge in [-0.1, -0.05) is 6.92 Å². The molecule has 0 aliphatic carbocycles. The molecule has 1 saturated heterocycles. The molecule has 1 aromatic heterocycles. The van der Waals surface area contributed by atoms with E-state index in [0.717, 1.165) is 19.4 Å². The average molecular weight is 267 g/mol. The first-order chi connectivity index (χ1) is 8.59. The van der Waals surface area contributed by atoms with Gasteiger partial charge in [-0.25, -0.2) is 0 Å². The number of rotatable bonds is 5. The molecule has 1 aromatic rings. The normalized spacial score (nSPS) is 25.6. The van der Waals surface area contributed by atoms with E-state index in [-0.39, 0.29) is 10.8 Å². The molecule has 0 aromatic carbocycles. The van der Waals surface area contributed by atoms with Gasteiger partial charge in [-0.05, 0) is 44.9 Å². The van der Waals surface area contributed by atoms with E-state index in [9.17, 15) is 0 Å². The molecule has 2 N–H and O–H groups in total. The van der Waals surface area contributed by atoms with Gasteiger partial charge in [0.25, 0.3) is 0 Å². The maximum atomic E-state index is 6.46. The lowest BCUT2D eigenvalue weighted by molar-refractivity contribution is 0.466. The Balaban J connectivity index is 2.10. The number of nitrogens with two attached hydrogens (primary N) is 1. The Morgan fingerprint density at radius 1 is 1.56 bits per heavy atom. The van der Waals surface area contributed by atoms with Crippen LogP contribution in [0.25, 0.3) is 0 Å². The van der Waals surface area contributed by atoms with Crippen molar-refractivity contribution in [2.75, 3.05) is 5.75 Å². The van der Waals surface area contributed by atoms with E-state index in [1.165, 1.54) is 30.0 Å². The number of nitrogens with zero attached hydrogens (tertiary/aromatic N) is 2. The highest BCUT2D eigenvalue weighted by atomic mass is 32.2. The molecular weight excluding hydrogens is 242 g/mol. The average Bonchev–Trinajstić information content (AvgIpc) is 2.96. The summed E-state index contributed by atoms with van der Waals surface area (Å²) in [5.41, 5.74) is 8.94. The van der Waals surface area contributed by atoms with Gasteiger partial charge in [-0.15, -0.1) is 0 Å². The molecule has 0 saturated carbocycles. The minimum Gasteiger partial charge on any atom is -0.326 e. The van der Waals surface area contributed by atoms with Gasteiger partial charge in [0.2, 0.25) is 0 Å². The summed E-state index contributed by atoms with van der Waals surface area (Å²) in [5.74, 6) is 1.26. The van der Waals surface area contributed by atoms with Crippen molar-refractivity contribution < 1.29 is 0 Å². The molecule has 3 nitrogen and oxygen atoms in total. The van der Waals surface area contributed by atoms with Crippen LogP contribution in [0.15, 0.2) is 6.07 Å². The van der Waals surface area contributed by atoms with Gasteiger partial charge < -0.3 is 5.73 Å². The second-order valence-corrected chi connectivity index (χ2v) is 7.00. The third-order valence-corrected chi connectivity index (χ3v) is 5.70. The van der Waals surface area contributed by atoms with Crippen molar-refractivity contribution in [2.45, 2.75) is 63.8 Å². The summed E-state index contributed by atoms with van der Waals surface area (Å²) in [6.45, 7) is 7.56. The van der Waals surface area contributed by atoms with Crippen LogP contribution in [-0.2, 0) is 19.4 Å². The Labute approximate surface area is 115 Å². The summed E-state index contributed by atoms with van der Waals surface area (Å²) in [7, 11) is 0. The van der Waals surface area contributed by atoms with Crippen LogP contribution in [0.4, 0.5) is 0 Å². The molecule has 1 fully saturated rings. The first kappa shape index (κ1) is 13.9. The van der Waals surface area contributed by atoms with Gasteiger partial charge in [0.05, 0.1) is 5.69 Å². The van der Waals surface area contributed by atoms with Crippen molar-refractivity contribution in [3.05, 3.63) is 17.5 Å². The van der Waals surface area contributed by atoms with Crippen molar-refractivity contribution in [1.29, 1.82) is 0 Å². The smallest absolute Gasteiger partial charge is 0.0624 e. The summed E-state index contributed by atoms with van der Waals surface area (Å²) in [6, 6.07) is 2.46. The van der Waals surface area contributed by atoms with Crippen LogP contribution in [0, 0.1) is 0 Å². The summed E-state index contributed by atoms with van der Waals surface area (Å²) >= 11 is 2.04. The highest BCUT2D eigenvalue weighted by molar-refractivity contribution is 8.00. The molecule has 0 amide bonds. The molecule has 2 atom stereocenters. The summed E-state index contributed by atoms with van der Waals surface area (Å²) < 4.78 is 2.37. The van der Waals surface area contributed by atoms with Gasteiger partial charge in [0.1, 0.15) is 0 Å². The maximum absolute atomic E-state index is 6.46. The molecule has 2 unspecified atom stereocenters. The lowest BCUT2D eigenvalue weighted by atomic mass is 9.93. The maximum Gasteiger partial charge on any atom is 0.0624 e. The van der Waals surface area contributed by atoms with Crippen LogP contribution in [-0.4, -0.2) is 26.3 Å². The van der Waals surface area contributed by atoms with E-state index in [1.807, 2.05) is 11.8 Å². The molecule has 18 heavy (non-hydrogen) atoms. The summed E-state index contributed by atoms with van der Waals surface area (Å²) in [6.07, 6.45) is 4.51. The van der Waals surface area contributed by atoms with E-state index < -0.39 is 0 Å². The Bertz CT molecular complexity index is 394. The summed E-state index contributed by atoms with van der Waals surface area (Å²) in [4.78, 5) is 0. The highest BCUT2D eigenvalue weighted by Gasteiger charge is 2.36. The molecule has 0 bridgehead atoms. The Kier molecular flexibility index (Phi) is 4.38. The van der Waals surface area contributed by atoms with Crippen molar-refractivity contribution in [3.63, 3.8) is 0 Å². The first-order valence-electron chi connectivity index (χ1n) is 7.04. The fraction of sp³-hybridized carbons (Fsp3) is 0.786. The van der Waals surface area contributed by atoms with Gasteiger partial charge in [-0.2, -0.15) is 16.9 Å². The van der Waals surface area contributed by atoms with Crippen LogP contribution >= 0.6 is 11.8 Å². The predicted octanol–water partition coefficient (Wildman–Crippen LogP) is 2.62. The van der Waals surface area contributed by atoms with Gasteiger partial charge in [0.15, 0.2) is 0 Å². The second-order valence-electron chi connectivity index (χ2n) is 5.37. The van der Waals surface area contributed by atoms with Crippen LogP contribution in [0.1, 0.15) is 45.0 Å². The fourth-order valence-electron chi connectivity index (χ4n) is 2.66. The minimum atomic E-state index is 0.233. The van der Waals surface area contributed by atoms with Crippen molar-refractivity contribution >= 4 is 11.8 Å². The van der Waals surface area contributed by atoms with Crippen molar-refractivity contribution in [3.8, 4) is 0 Å². The number of thioether (sulfide) groups is 1. The molecule has 0 radical (unpaired) electrons. The van der Waals surface area contributed by atoms with Crippen molar-refractivity contribution in [2.24, 2.45) is 5.73 Å².